The van der Waals surface area contributed by atoms with Crippen LogP contribution in [-0.2, 0) is 13.1 Å². The van der Waals surface area contributed by atoms with E-state index in [0.717, 1.165) is 37.2 Å². The molecule has 2 N–H and O–H groups in total. The van der Waals surface area contributed by atoms with E-state index in [4.69, 9.17) is 4.74 Å². The summed E-state index contributed by atoms with van der Waals surface area (Å²) in [6.07, 6.45) is 0.391. The van der Waals surface area contributed by atoms with Gasteiger partial charge in [0, 0.05) is 25.8 Å². The molecule has 1 heterocycles. The van der Waals surface area contributed by atoms with Crippen LogP contribution >= 0.6 is 24.0 Å². The van der Waals surface area contributed by atoms with E-state index in [1.54, 1.807) is 12.1 Å². The van der Waals surface area contributed by atoms with Gasteiger partial charge in [0.1, 0.15) is 5.75 Å². The van der Waals surface area contributed by atoms with Crippen LogP contribution in [0.5, 0.6) is 5.75 Å². The first kappa shape index (κ1) is 25.1. The maximum atomic E-state index is 12.2. The number of guanidine groups is 1. The summed E-state index contributed by atoms with van der Waals surface area (Å²) < 4.78 is 43.1. The Hall–Kier alpha value is -1.98. The van der Waals surface area contributed by atoms with Crippen LogP contribution in [0, 0.1) is 6.92 Å². The van der Waals surface area contributed by atoms with Crippen LogP contribution in [-0.4, -0.2) is 41.6 Å². The lowest BCUT2D eigenvalue weighted by molar-refractivity contribution is -0.153. The average Bonchev–Trinajstić information content (AvgIpc) is 3.07. The number of halogens is 4. The monoisotopic (exact) mass is 525 g/mol. The van der Waals surface area contributed by atoms with Crippen LogP contribution in [0.3, 0.4) is 0 Å². The number of hydrogen-bond donors (Lipinski definition) is 2. The summed E-state index contributed by atoms with van der Waals surface area (Å²) >= 11 is 0. The Balaban J connectivity index is 0.00000420. The minimum atomic E-state index is -4.34. The van der Waals surface area contributed by atoms with Crippen molar-refractivity contribution >= 4 is 29.9 Å². The summed E-state index contributed by atoms with van der Waals surface area (Å²) in [5.74, 6) is 0.875. The second-order valence-corrected chi connectivity index (χ2v) is 6.30. The second-order valence-electron chi connectivity index (χ2n) is 6.30. The zero-order valence-electron chi connectivity index (χ0n) is 16.5. The molecule has 0 unspecified atom stereocenters. The fraction of sp³-hybridized carbons (Fsp3) is 0.474. The van der Waals surface area contributed by atoms with E-state index in [2.05, 4.69) is 20.7 Å². The molecule has 1 aromatic carbocycles. The molecular formula is C19H27F3IN5O. The van der Waals surface area contributed by atoms with Gasteiger partial charge in [0.15, 0.2) is 12.6 Å². The minimum Gasteiger partial charge on any atom is -0.484 e. The highest BCUT2D eigenvalue weighted by atomic mass is 127. The van der Waals surface area contributed by atoms with Crippen molar-refractivity contribution in [2.75, 3.05) is 19.7 Å². The number of aromatic nitrogens is 2. The van der Waals surface area contributed by atoms with Crippen molar-refractivity contribution in [3.63, 3.8) is 0 Å². The SMILES string of the molecule is CCNC(=NCc1ccc(OCC(F)(F)F)cc1)NCCCn1cc(C)cn1.I. The molecule has 2 rings (SSSR count). The maximum absolute atomic E-state index is 12.2. The van der Waals surface area contributed by atoms with Crippen molar-refractivity contribution in [1.82, 2.24) is 20.4 Å². The normalized spacial score (nSPS) is 11.7. The molecule has 0 saturated carbocycles. The van der Waals surface area contributed by atoms with E-state index in [9.17, 15) is 13.2 Å². The predicted molar refractivity (Wildman–Crippen MR) is 118 cm³/mol. The van der Waals surface area contributed by atoms with Gasteiger partial charge in [-0.25, -0.2) is 4.99 Å². The molecule has 1 aromatic heterocycles. The van der Waals surface area contributed by atoms with Gasteiger partial charge in [-0.15, -0.1) is 24.0 Å². The van der Waals surface area contributed by atoms with Crippen LogP contribution in [0.4, 0.5) is 13.2 Å². The molecule has 0 atom stereocenters. The number of nitrogens with zero attached hydrogens (tertiary/aromatic N) is 3. The molecule has 0 aliphatic rings. The van der Waals surface area contributed by atoms with Crippen molar-refractivity contribution < 1.29 is 17.9 Å². The molecule has 162 valence electrons. The summed E-state index contributed by atoms with van der Waals surface area (Å²) in [6.45, 7) is 5.40. The Kier molecular flexibility index (Phi) is 10.8. The molecule has 0 aliphatic heterocycles. The number of benzene rings is 1. The molecule has 0 saturated heterocycles. The molecule has 29 heavy (non-hydrogen) atoms. The third-order valence-electron chi connectivity index (χ3n) is 3.71. The van der Waals surface area contributed by atoms with Gasteiger partial charge in [-0.2, -0.15) is 18.3 Å². The molecule has 0 fully saturated rings. The van der Waals surface area contributed by atoms with Crippen LogP contribution in [0.2, 0.25) is 0 Å². The van der Waals surface area contributed by atoms with Crippen molar-refractivity contribution in [2.45, 2.75) is 39.5 Å². The number of aliphatic imine (C=N–C) groups is 1. The molecule has 6 nitrogen and oxygen atoms in total. The van der Waals surface area contributed by atoms with Crippen molar-refractivity contribution in [2.24, 2.45) is 4.99 Å². The average molecular weight is 525 g/mol. The van der Waals surface area contributed by atoms with Crippen LogP contribution in [0.15, 0.2) is 41.7 Å². The largest absolute Gasteiger partial charge is 0.484 e. The van der Waals surface area contributed by atoms with Crippen LogP contribution < -0.4 is 15.4 Å². The molecule has 2 aromatic rings. The number of ether oxygens (including phenoxy) is 1. The number of nitrogens with one attached hydrogen (secondary N) is 2. The third-order valence-corrected chi connectivity index (χ3v) is 3.71. The Morgan fingerprint density at radius 2 is 1.93 bits per heavy atom. The summed E-state index contributed by atoms with van der Waals surface area (Å²) in [7, 11) is 0. The maximum Gasteiger partial charge on any atom is 0.422 e. The minimum absolute atomic E-state index is 0. The Labute approximate surface area is 185 Å². The van der Waals surface area contributed by atoms with Crippen molar-refractivity contribution in [1.29, 1.82) is 0 Å². The molecule has 0 amide bonds. The quantitative estimate of drug-likeness (QED) is 0.226. The van der Waals surface area contributed by atoms with Gasteiger partial charge in [-0.1, -0.05) is 12.1 Å². The Morgan fingerprint density at radius 1 is 1.21 bits per heavy atom. The standard InChI is InChI=1S/C19H26F3N5O.HI/c1-3-23-18(24-9-4-10-27-13-15(2)11-26-27)25-12-16-5-7-17(8-6-16)28-14-19(20,21)22;/h5-8,11,13H,3-4,9-10,12,14H2,1-2H3,(H2,23,24,25);1H. The first-order valence-electron chi connectivity index (χ1n) is 9.15. The Morgan fingerprint density at radius 3 is 2.52 bits per heavy atom. The van der Waals surface area contributed by atoms with Gasteiger partial charge in [-0.3, -0.25) is 4.68 Å². The first-order valence-corrected chi connectivity index (χ1v) is 9.15. The molecule has 0 bridgehead atoms. The lowest BCUT2D eigenvalue weighted by Crippen LogP contribution is -2.38. The molecule has 0 radical (unpaired) electrons. The lowest BCUT2D eigenvalue weighted by atomic mass is 10.2. The summed E-state index contributed by atoms with van der Waals surface area (Å²) in [4.78, 5) is 4.50. The number of hydrogen-bond acceptors (Lipinski definition) is 3. The first-order chi connectivity index (χ1) is 13.4. The van der Waals surface area contributed by atoms with Gasteiger partial charge < -0.3 is 15.4 Å². The van der Waals surface area contributed by atoms with E-state index in [-0.39, 0.29) is 29.7 Å². The smallest absolute Gasteiger partial charge is 0.422 e. The highest BCUT2D eigenvalue weighted by Crippen LogP contribution is 2.19. The van der Waals surface area contributed by atoms with Crippen LogP contribution in [0.25, 0.3) is 0 Å². The van der Waals surface area contributed by atoms with E-state index < -0.39 is 12.8 Å². The summed E-state index contributed by atoms with van der Waals surface area (Å²) in [6, 6.07) is 6.45. The van der Waals surface area contributed by atoms with Crippen molar-refractivity contribution in [3.8, 4) is 5.75 Å². The summed E-state index contributed by atoms with van der Waals surface area (Å²) in [5.41, 5.74) is 2.02. The van der Waals surface area contributed by atoms with Gasteiger partial charge >= 0.3 is 6.18 Å². The Bertz CT molecular complexity index is 747. The van der Waals surface area contributed by atoms with Gasteiger partial charge in [-0.05, 0) is 43.5 Å². The zero-order chi connectivity index (χ0) is 20.4. The van der Waals surface area contributed by atoms with Gasteiger partial charge in [0.25, 0.3) is 0 Å². The fourth-order valence-corrected chi connectivity index (χ4v) is 2.41. The van der Waals surface area contributed by atoms with Gasteiger partial charge in [0.05, 0.1) is 12.7 Å². The molecular weight excluding hydrogens is 498 g/mol. The number of aryl methyl sites for hydroxylation is 2. The fourth-order valence-electron chi connectivity index (χ4n) is 2.41. The molecule has 0 spiro atoms. The van der Waals surface area contributed by atoms with E-state index in [1.165, 1.54) is 12.1 Å². The predicted octanol–water partition coefficient (Wildman–Crippen LogP) is 3.90. The van der Waals surface area contributed by atoms with E-state index in [0.29, 0.717) is 12.5 Å². The number of rotatable bonds is 9. The second kappa shape index (κ2) is 12.6. The highest BCUT2D eigenvalue weighted by molar-refractivity contribution is 14.0. The van der Waals surface area contributed by atoms with E-state index >= 15 is 0 Å². The third kappa shape index (κ3) is 10.4. The topological polar surface area (TPSA) is 63.5 Å². The van der Waals surface area contributed by atoms with Crippen molar-refractivity contribution in [3.05, 3.63) is 47.8 Å². The van der Waals surface area contributed by atoms with Gasteiger partial charge in [0.2, 0.25) is 0 Å². The molecule has 0 aliphatic carbocycles. The zero-order valence-corrected chi connectivity index (χ0v) is 18.8. The van der Waals surface area contributed by atoms with E-state index in [1.807, 2.05) is 30.9 Å². The summed E-state index contributed by atoms with van der Waals surface area (Å²) in [5, 5.41) is 10.7. The molecule has 10 heteroatoms. The lowest BCUT2D eigenvalue weighted by Gasteiger charge is -2.12. The number of alkyl halides is 3. The highest BCUT2D eigenvalue weighted by Gasteiger charge is 2.28. The van der Waals surface area contributed by atoms with Crippen LogP contribution in [0.1, 0.15) is 24.5 Å².